The van der Waals surface area contributed by atoms with Crippen molar-refractivity contribution in [2.75, 3.05) is 21.3 Å². The van der Waals surface area contributed by atoms with E-state index < -0.39 is 0 Å². The lowest BCUT2D eigenvalue weighted by atomic mass is 10.1. The molecule has 2 aromatic rings. The molecule has 0 N–H and O–H groups in total. The van der Waals surface area contributed by atoms with Crippen LogP contribution in [0, 0.1) is 0 Å². The molecule has 0 saturated carbocycles. The fourth-order valence-electron chi connectivity index (χ4n) is 1.99. The van der Waals surface area contributed by atoms with E-state index in [1.165, 1.54) is 6.07 Å². The monoisotopic (exact) mass is 249 g/mol. The number of pyridine rings is 1. The number of ether oxygens (including phenoxy) is 3. The molecule has 0 spiro atoms. The third kappa shape index (κ3) is 1.68. The Morgan fingerprint density at radius 3 is 2.22 bits per heavy atom. The summed E-state index contributed by atoms with van der Waals surface area (Å²) >= 11 is 0. The molecule has 2 rings (SSSR count). The number of aromatic nitrogens is 1. The van der Waals surface area contributed by atoms with Gasteiger partial charge in [-0.2, -0.15) is 0 Å². The highest BCUT2D eigenvalue weighted by Crippen LogP contribution is 2.42. The van der Waals surface area contributed by atoms with Gasteiger partial charge in [0.05, 0.1) is 26.8 Å². The maximum atomic E-state index is 11.6. The Bertz CT molecular complexity index is 645. The Morgan fingerprint density at radius 1 is 1.00 bits per heavy atom. The quantitative estimate of drug-likeness (QED) is 0.828. The first kappa shape index (κ1) is 12.3. The predicted octanol–water partition coefficient (Wildman–Crippen LogP) is 1.56. The second kappa shape index (κ2) is 4.60. The molecule has 1 aromatic carbocycles. The van der Waals surface area contributed by atoms with Gasteiger partial charge in [0.15, 0.2) is 11.5 Å². The highest BCUT2D eigenvalue weighted by atomic mass is 16.5. The zero-order valence-electron chi connectivity index (χ0n) is 10.8. The van der Waals surface area contributed by atoms with E-state index in [1.807, 2.05) is 0 Å². The summed E-state index contributed by atoms with van der Waals surface area (Å²) in [6.07, 6.45) is 0. The summed E-state index contributed by atoms with van der Waals surface area (Å²) in [6.45, 7) is 0. The summed E-state index contributed by atoms with van der Waals surface area (Å²) in [4.78, 5) is 11.6. The van der Waals surface area contributed by atoms with Crippen LogP contribution < -0.4 is 19.8 Å². The number of nitrogens with zero attached hydrogens (tertiary/aromatic N) is 1. The van der Waals surface area contributed by atoms with Crippen molar-refractivity contribution >= 4 is 10.9 Å². The first-order chi connectivity index (χ1) is 8.63. The van der Waals surface area contributed by atoms with Crippen LogP contribution in [-0.2, 0) is 7.05 Å². The van der Waals surface area contributed by atoms with Crippen LogP contribution >= 0.6 is 0 Å². The Balaban J connectivity index is 2.96. The van der Waals surface area contributed by atoms with E-state index in [1.54, 1.807) is 45.1 Å². The van der Waals surface area contributed by atoms with Crippen LogP contribution in [0.15, 0.2) is 23.0 Å². The maximum Gasteiger partial charge on any atom is 0.250 e. The van der Waals surface area contributed by atoms with Crippen LogP contribution in [-0.4, -0.2) is 25.9 Å². The second-order valence-electron chi connectivity index (χ2n) is 3.81. The van der Waals surface area contributed by atoms with Gasteiger partial charge < -0.3 is 18.8 Å². The van der Waals surface area contributed by atoms with Crippen LogP contribution in [0.5, 0.6) is 17.2 Å². The number of benzene rings is 1. The van der Waals surface area contributed by atoms with Crippen molar-refractivity contribution in [3.05, 3.63) is 28.6 Å². The smallest absolute Gasteiger partial charge is 0.250 e. The number of methoxy groups -OCH3 is 3. The zero-order valence-corrected chi connectivity index (χ0v) is 10.8. The predicted molar refractivity (Wildman–Crippen MR) is 68.8 cm³/mol. The van der Waals surface area contributed by atoms with Crippen LogP contribution in [0.4, 0.5) is 0 Å². The Kier molecular flexibility index (Phi) is 3.14. The minimum atomic E-state index is -0.0863. The van der Waals surface area contributed by atoms with E-state index in [0.717, 1.165) is 10.9 Å². The first-order valence-electron chi connectivity index (χ1n) is 5.42. The van der Waals surface area contributed by atoms with E-state index in [0.29, 0.717) is 17.2 Å². The van der Waals surface area contributed by atoms with E-state index in [2.05, 4.69) is 0 Å². The number of rotatable bonds is 3. The Labute approximate surface area is 105 Å². The summed E-state index contributed by atoms with van der Waals surface area (Å²) in [7, 11) is 6.36. The van der Waals surface area contributed by atoms with Gasteiger partial charge in [-0.15, -0.1) is 0 Å². The summed E-state index contributed by atoms with van der Waals surface area (Å²) in [6, 6.07) is 4.98. The van der Waals surface area contributed by atoms with Gasteiger partial charge in [-0.1, -0.05) is 0 Å². The number of hydrogen-bond acceptors (Lipinski definition) is 4. The zero-order chi connectivity index (χ0) is 13.3. The topological polar surface area (TPSA) is 49.7 Å². The summed E-state index contributed by atoms with van der Waals surface area (Å²) in [5.74, 6) is 1.61. The van der Waals surface area contributed by atoms with Gasteiger partial charge in [-0.05, 0) is 6.07 Å². The van der Waals surface area contributed by atoms with Gasteiger partial charge in [-0.3, -0.25) is 4.79 Å². The fraction of sp³-hybridized carbons (Fsp3) is 0.308. The molecule has 5 heteroatoms. The van der Waals surface area contributed by atoms with E-state index in [-0.39, 0.29) is 5.56 Å². The molecule has 0 unspecified atom stereocenters. The second-order valence-corrected chi connectivity index (χ2v) is 3.81. The van der Waals surface area contributed by atoms with Crippen molar-refractivity contribution in [2.24, 2.45) is 7.05 Å². The van der Waals surface area contributed by atoms with Crippen molar-refractivity contribution in [3.63, 3.8) is 0 Å². The summed E-state index contributed by atoms with van der Waals surface area (Å²) in [5, 5.41) is 0.803. The molecule has 1 heterocycles. The molecule has 0 atom stereocenters. The molecule has 0 amide bonds. The molecular weight excluding hydrogens is 234 g/mol. The van der Waals surface area contributed by atoms with E-state index in [9.17, 15) is 4.79 Å². The minimum Gasteiger partial charge on any atom is -0.493 e. The third-order valence-electron chi connectivity index (χ3n) is 2.93. The third-order valence-corrected chi connectivity index (χ3v) is 2.93. The lowest BCUT2D eigenvalue weighted by Crippen LogP contribution is -2.15. The van der Waals surface area contributed by atoms with Gasteiger partial charge >= 0.3 is 0 Å². The molecule has 0 aliphatic carbocycles. The van der Waals surface area contributed by atoms with Crippen molar-refractivity contribution in [2.45, 2.75) is 0 Å². The lowest BCUT2D eigenvalue weighted by Gasteiger charge is -2.15. The molecule has 0 aliphatic heterocycles. The molecule has 0 saturated heterocycles. The van der Waals surface area contributed by atoms with Gasteiger partial charge in [0.25, 0.3) is 5.56 Å². The van der Waals surface area contributed by atoms with Crippen molar-refractivity contribution in [1.82, 2.24) is 4.57 Å². The minimum absolute atomic E-state index is 0.0863. The molecule has 96 valence electrons. The fourth-order valence-corrected chi connectivity index (χ4v) is 1.99. The Morgan fingerprint density at radius 2 is 1.67 bits per heavy atom. The van der Waals surface area contributed by atoms with Crippen LogP contribution in [0.1, 0.15) is 0 Å². The van der Waals surface area contributed by atoms with E-state index in [4.69, 9.17) is 14.2 Å². The lowest BCUT2D eigenvalue weighted by molar-refractivity contribution is 0.327. The molecule has 0 aliphatic rings. The number of aryl methyl sites for hydroxylation is 1. The van der Waals surface area contributed by atoms with Crippen LogP contribution in [0.2, 0.25) is 0 Å². The summed E-state index contributed by atoms with van der Waals surface area (Å²) < 4.78 is 17.5. The van der Waals surface area contributed by atoms with Gasteiger partial charge in [0, 0.05) is 24.6 Å². The largest absolute Gasteiger partial charge is 0.493 e. The molecule has 5 nitrogen and oxygen atoms in total. The van der Waals surface area contributed by atoms with Gasteiger partial charge in [0.1, 0.15) is 0 Å². The molecule has 0 bridgehead atoms. The van der Waals surface area contributed by atoms with E-state index >= 15 is 0 Å². The van der Waals surface area contributed by atoms with Crippen LogP contribution in [0.25, 0.3) is 10.9 Å². The summed E-state index contributed by atoms with van der Waals surface area (Å²) in [5.41, 5.74) is 0.647. The average molecular weight is 249 g/mol. The van der Waals surface area contributed by atoms with Gasteiger partial charge in [0.2, 0.25) is 5.75 Å². The molecule has 0 radical (unpaired) electrons. The number of fused-ring (bicyclic) bond motifs is 1. The maximum absolute atomic E-state index is 11.6. The highest BCUT2D eigenvalue weighted by Gasteiger charge is 2.17. The molecule has 1 aromatic heterocycles. The van der Waals surface area contributed by atoms with Gasteiger partial charge in [-0.25, -0.2) is 0 Å². The average Bonchev–Trinajstić information content (AvgIpc) is 2.40. The molecular formula is C13H15NO4. The Hall–Kier alpha value is -2.17. The molecule has 18 heavy (non-hydrogen) atoms. The van der Waals surface area contributed by atoms with Crippen molar-refractivity contribution in [3.8, 4) is 17.2 Å². The van der Waals surface area contributed by atoms with Crippen molar-refractivity contribution < 1.29 is 14.2 Å². The normalized spacial score (nSPS) is 10.4. The SMILES string of the molecule is COc1cc2c(ccc(=O)n2C)c(OC)c1OC. The van der Waals surface area contributed by atoms with Crippen molar-refractivity contribution in [1.29, 1.82) is 0 Å². The first-order valence-corrected chi connectivity index (χ1v) is 5.42. The van der Waals surface area contributed by atoms with Crippen LogP contribution in [0.3, 0.4) is 0 Å². The molecule has 0 fully saturated rings. The standard InChI is InChI=1S/C13H15NO4/c1-14-9-7-10(16-2)13(18-4)12(17-3)8(9)5-6-11(14)15/h5-7H,1-4H3. The highest BCUT2D eigenvalue weighted by molar-refractivity contribution is 5.90. The number of hydrogen-bond donors (Lipinski definition) is 0.